The number of anilines is 1. The predicted octanol–water partition coefficient (Wildman–Crippen LogP) is 1.55. The first-order chi connectivity index (χ1) is 14.5. The van der Waals surface area contributed by atoms with Gasteiger partial charge in [-0.2, -0.15) is 18.5 Å². The molecule has 0 unspecified atom stereocenters. The first-order valence-electron chi connectivity index (χ1n) is 9.18. The lowest BCUT2D eigenvalue weighted by atomic mass is 9.98. The SMILES string of the molecule is COc1cc(NC(=O)NS(=O)(=O)c2c(C3=NOC(C)(C)C3)c(C)nn2C)nc(OC)c1. The summed E-state index contributed by atoms with van der Waals surface area (Å²) in [6.45, 7) is 5.34. The predicted molar refractivity (Wildman–Crippen MR) is 111 cm³/mol. The van der Waals surface area contributed by atoms with Gasteiger partial charge in [-0.15, -0.1) is 0 Å². The quantitative estimate of drug-likeness (QED) is 0.671. The Morgan fingerprint density at radius 3 is 2.55 bits per heavy atom. The van der Waals surface area contributed by atoms with Crippen molar-refractivity contribution in [2.24, 2.45) is 12.2 Å². The topological polar surface area (TPSA) is 146 Å². The van der Waals surface area contributed by atoms with Crippen LogP contribution in [0, 0.1) is 6.92 Å². The number of sulfonamides is 1. The zero-order valence-corrected chi connectivity index (χ0v) is 18.8. The Labute approximate surface area is 179 Å². The summed E-state index contributed by atoms with van der Waals surface area (Å²) in [5.74, 6) is 0.598. The van der Waals surface area contributed by atoms with Gasteiger partial charge in [-0.1, -0.05) is 5.16 Å². The third kappa shape index (κ3) is 4.71. The minimum Gasteiger partial charge on any atom is -0.496 e. The number of oxime groups is 1. The number of carbonyl (C=O) groups excluding carboxylic acids is 1. The summed E-state index contributed by atoms with van der Waals surface area (Å²) >= 11 is 0. The molecule has 0 aromatic carbocycles. The van der Waals surface area contributed by atoms with E-state index in [1.807, 2.05) is 18.6 Å². The van der Waals surface area contributed by atoms with Gasteiger partial charge >= 0.3 is 6.03 Å². The van der Waals surface area contributed by atoms with Crippen molar-refractivity contribution in [3.63, 3.8) is 0 Å². The number of ether oxygens (including phenoxy) is 2. The molecule has 0 fully saturated rings. The zero-order chi connectivity index (χ0) is 23.0. The Balaban J connectivity index is 1.88. The Kier molecular flexibility index (Phi) is 5.81. The van der Waals surface area contributed by atoms with Crippen molar-refractivity contribution in [2.75, 3.05) is 19.5 Å². The van der Waals surface area contributed by atoms with Gasteiger partial charge in [0.2, 0.25) is 5.88 Å². The minimum absolute atomic E-state index is 0.0422. The number of aryl methyl sites for hydroxylation is 2. The molecular weight excluding hydrogens is 428 g/mol. The summed E-state index contributed by atoms with van der Waals surface area (Å²) in [6, 6.07) is 1.91. The normalized spacial score (nSPS) is 15.1. The molecule has 3 rings (SSSR count). The molecule has 0 bridgehead atoms. The van der Waals surface area contributed by atoms with Crippen molar-refractivity contribution in [2.45, 2.75) is 37.8 Å². The van der Waals surface area contributed by atoms with Crippen LogP contribution >= 0.6 is 0 Å². The van der Waals surface area contributed by atoms with E-state index < -0.39 is 21.7 Å². The standard InChI is InChI=1S/C18H24N6O6S/c1-10-15(12-9-18(2,3)30-22-12)16(24(4)21-10)31(26,27)23-17(25)20-13-7-11(28-5)8-14(19-13)29-6/h7-8H,9H2,1-6H3,(H2,19,20,23,25). The number of nitrogens with one attached hydrogen (secondary N) is 2. The van der Waals surface area contributed by atoms with Crippen LogP contribution in [0.3, 0.4) is 0 Å². The summed E-state index contributed by atoms with van der Waals surface area (Å²) in [7, 11) is -0.00476. The molecule has 2 amide bonds. The molecule has 0 spiro atoms. The highest BCUT2D eigenvalue weighted by atomic mass is 32.2. The lowest BCUT2D eigenvalue weighted by Crippen LogP contribution is -2.36. The van der Waals surface area contributed by atoms with Crippen molar-refractivity contribution >= 4 is 27.6 Å². The Bertz CT molecular complexity index is 1130. The number of methoxy groups -OCH3 is 2. The molecule has 0 aliphatic carbocycles. The Morgan fingerprint density at radius 1 is 1.26 bits per heavy atom. The van der Waals surface area contributed by atoms with Gasteiger partial charge in [-0.3, -0.25) is 10.00 Å². The minimum atomic E-state index is -4.31. The van der Waals surface area contributed by atoms with Gasteiger partial charge in [0.05, 0.1) is 31.2 Å². The molecule has 12 nitrogen and oxygen atoms in total. The average Bonchev–Trinajstić information content (AvgIpc) is 3.18. The van der Waals surface area contributed by atoms with Crippen LogP contribution in [-0.2, 0) is 21.9 Å². The highest BCUT2D eigenvalue weighted by molar-refractivity contribution is 7.90. The van der Waals surface area contributed by atoms with Crippen LogP contribution in [0.15, 0.2) is 22.3 Å². The van der Waals surface area contributed by atoms with Gasteiger partial charge in [0.15, 0.2) is 5.03 Å². The van der Waals surface area contributed by atoms with Crippen LogP contribution in [0.1, 0.15) is 31.5 Å². The monoisotopic (exact) mass is 452 g/mol. The molecule has 168 valence electrons. The molecule has 2 aromatic heterocycles. The molecule has 31 heavy (non-hydrogen) atoms. The maximum absolute atomic E-state index is 13.1. The van der Waals surface area contributed by atoms with Crippen molar-refractivity contribution in [3.8, 4) is 11.6 Å². The maximum atomic E-state index is 13.1. The Hall–Kier alpha value is -3.35. The van der Waals surface area contributed by atoms with E-state index >= 15 is 0 Å². The van der Waals surface area contributed by atoms with E-state index in [1.165, 1.54) is 38.1 Å². The number of hydrogen-bond donors (Lipinski definition) is 2. The third-order valence-electron chi connectivity index (χ3n) is 4.40. The van der Waals surface area contributed by atoms with Crippen LogP contribution in [0.4, 0.5) is 10.6 Å². The van der Waals surface area contributed by atoms with E-state index in [0.717, 1.165) is 0 Å². The fraction of sp³-hybridized carbons (Fsp3) is 0.444. The largest absolute Gasteiger partial charge is 0.496 e. The van der Waals surface area contributed by atoms with Gasteiger partial charge < -0.3 is 14.3 Å². The van der Waals surface area contributed by atoms with Gasteiger partial charge in [-0.05, 0) is 20.8 Å². The second-order valence-corrected chi connectivity index (χ2v) is 9.05. The molecule has 2 aromatic rings. The van der Waals surface area contributed by atoms with E-state index in [9.17, 15) is 13.2 Å². The molecule has 0 radical (unpaired) electrons. The summed E-state index contributed by atoms with van der Waals surface area (Å²) in [4.78, 5) is 21.9. The highest BCUT2D eigenvalue weighted by Gasteiger charge is 2.36. The van der Waals surface area contributed by atoms with E-state index in [1.54, 1.807) is 6.92 Å². The van der Waals surface area contributed by atoms with Gasteiger partial charge in [0.25, 0.3) is 10.0 Å². The number of pyridine rings is 1. The molecular formula is C18H24N6O6S. The number of aromatic nitrogens is 3. The van der Waals surface area contributed by atoms with E-state index in [-0.39, 0.29) is 16.7 Å². The third-order valence-corrected chi connectivity index (χ3v) is 5.83. The van der Waals surface area contributed by atoms with Gasteiger partial charge in [-0.25, -0.2) is 9.52 Å². The second-order valence-electron chi connectivity index (χ2n) is 7.45. The number of hydrogen-bond acceptors (Lipinski definition) is 9. The second kappa shape index (κ2) is 8.06. The van der Waals surface area contributed by atoms with Crippen LogP contribution in [-0.4, -0.2) is 54.7 Å². The number of nitrogens with zero attached hydrogens (tertiary/aromatic N) is 4. The smallest absolute Gasteiger partial charge is 0.334 e. The number of rotatable bonds is 6. The zero-order valence-electron chi connectivity index (χ0n) is 18.0. The van der Waals surface area contributed by atoms with E-state index in [0.29, 0.717) is 29.1 Å². The van der Waals surface area contributed by atoms with E-state index in [2.05, 4.69) is 20.6 Å². The summed E-state index contributed by atoms with van der Waals surface area (Å²) in [5, 5.41) is 10.4. The molecule has 1 aliphatic rings. The summed E-state index contributed by atoms with van der Waals surface area (Å²) in [6.07, 6.45) is 0.391. The number of urea groups is 1. The van der Waals surface area contributed by atoms with Crippen molar-refractivity contribution in [1.82, 2.24) is 19.5 Å². The summed E-state index contributed by atoms with van der Waals surface area (Å²) < 4.78 is 39.4. The first kappa shape index (κ1) is 22.3. The molecule has 0 saturated heterocycles. The molecule has 3 heterocycles. The molecule has 0 atom stereocenters. The van der Waals surface area contributed by atoms with Crippen molar-refractivity contribution in [1.29, 1.82) is 0 Å². The average molecular weight is 452 g/mol. The van der Waals surface area contributed by atoms with Crippen LogP contribution < -0.4 is 19.5 Å². The Morgan fingerprint density at radius 2 is 1.97 bits per heavy atom. The van der Waals surface area contributed by atoms with Crippen molar-refractivity contribution in [3.05, 3.63) is 23.4 Å². The molecule has 13 heteroatoms. The molecule has 2 N–H and O–H groups in total. The fourth-order valence-electron chi connectivity index (χ4n) is 3.14. The van der Waals surface area contributed by atoms with Crippen LogP contribution in [0.25, 0.3) is 0 Å². The van der Waals surface area contributed by atoms with Crippen LogP contribution in [0.2, 0.25) is 0 Å². The van der Waals surface area contributed by atoms with E-state index in [4.69, 9.17) is 14.3 Å². The first-order valence-corrected chi connectivity index (χ1v) is 10.7. The number of carbonyl (C=O) groups is 1. The lowest BCUT2D eigenvalue weighted by Gasteiger charge is -2.14. The molecule has 0 saturated carbocycles. The fourth-order valence-corrected chi connectivity index (χ4v) is 4.45. The highest BCUT2D eigenvalue weighted by Crippen LogP contribution is 2.30. The molecule has 1 aliphatic heterocycles. The maximum Gasteiger partial charge on any atom is 0.334 e. The summed E-state index contributed by atoms with van der Waals surface area (Å²) in [5.41, 5.74) is 0.619. The van der Waals surface area contributed by atoms with Crippen molar-refractivity contribution < 1.29 is 27.5 Å². The van der Waals surface area contributed by atoms with Gasteiger partial charge in [0, 0.05) is 25.6 Å². The van der Waals surface area contributed by atoms with Gasteiger partial charge in [0.1, 0.15) is 17.2 Å². The lowest BCUT2D eigenvalue weighted by molar-refractivity contribution is 0.0123. The number of amides is 2. The van der Waals surface area contributed by atoms with Crippen LogP contribution in [0.5, 0.6) is 11.6 Å².